The number of hydrogen-bond acceptors (Lipinski definition) is 2. The van der Waals surface area contributed by atoms with Crippen LogP contribution in [0.4, 0.5) is 0 Å². The van der Waals surface area contributed by atoms with Gasteiger partial charge in [0.15, 0.2) is 5.82 Å². The first-order valence-electron chi connectivity index (χ1n) is 18.4. The Balaban J connectivity index is 1.26. The van der Waals surface area contributed by atoms with Gasteiger partial charge >= 0.3 is 0 Å². The summed E-state index contributed by atoms with van der Waals surface area (Å²) in [6, 6.07) is 63.3. The van der Waals surface area contributed by atoms with Crippen molar-refractivity contribution in [1.29, 1.82) is 0 Å². The molecule has 8 aromatic rings. The molecule has 1 heterocycles. The lowest BCUT2D eigenvalue weighted by molar-refractivity contribution is 0.637. The Hall–Kier alpha value is -6.64. The fourth-order valence-corrected chi connectivity index (χ4v) is 8.66. The van der Waals surface area contributed by atoms with E-state index in [4.69, 9.17) is 9.97 Å². The highest BCUT2D eigenvalue weighted by atomic mass is 14.9. The lowest BCUT2D eigenvalue weighted by atomic mass is 9.67. The average Bonchev–Trinajstić information content (AvgIpc) is 3.56. The molecule has 1 atom stereocenters. The molecule has 0 saturated carbocycles. The Morgan fingerprint density at radius 2 is 1.04 bits per heavy atom. The first-order valence-corrected chi connectivity index (χ1v) is 18.4. The molecule has 2 aliphatic carbocycles. The van der Waals surface area contributed by atoms with Crippen LogP contribution in [-0.4, -0.2) is 9.97 Å². The molecule has 1 spiro atoms. The maximum absolute atomic E-state index is 5.59. The summed E-state index contributed by atoms with van der Waals surface area (Å²) in [7, 11) is 0. The third-order valence-electron chi connectivity index (χ3n) is 11.1. The number of hydrogen-bond donors (Lipinski definition) is 0. The molecule has 0 radical (unpaired) electrons. The zero-order valence-corrected chi connectivity index (χ0v) is 29.3. The molecule has 2 nitrogen and oxygen atoms in total. The van der Waals surface area contributed by atoms with Gasteiger partial charge in [-0.1, -0.05) is 194 Å². The lowest BCUT2D eigenvalue weighted by Gasteiger charge is -2.35. The molecular weight excluding hydrogens is 641 g/mol. The van der Waals surface area contributed by atoms with E-state index in [1.54, 1.807) is 0 Å². The highest BCUT2D eigenvalue weighted by Gasteiger charge is 2.48. The highest BCUT2D eigenvalue weighted by molar-refractivity contribution is 5.99. The van der Waals surface area contributed by atoms with Crippen LogP contribution in [-0.2, 0) is 11.8 Å². The smallest absolute Gasteiger partial charge is 0.160 e. The van der Waals surface area contributed by atoms with E-state index in [0.717, 1.165) is 41.2 Å². The van der Waals surface area contributed by atoms with Gasteiger partial charge in [0.25, 0.3) is 0 Å². The predicted octanol–water partition coefficient (Wildman–Crippen LogP) is 12.5. The molecule has 10 rings (SSSR count). The van der Waals surface area contributed by atoms with E-state index in [1.807, 2.05) is 6.07 Å². The first-order chi connectivity index (χ1) is 26.3. The number of allylic oxidation sites excluding steroid dienone is 4. The van der Waals surface area contributed by atoms with Crippen molar-refractivity contribution in [3.05, 3.63) is 222 Å². The Morgan fingerprint density at radius 3 is 1.85 bits per heavy atom. The quantitative estimate of drug-likeness (QED) is 0.185. The first kappa shape index (κ1) is 31.1. The fourth-order valence-electron chi connectivity index (χ4n) is 8.66. The average molecular weight is 677 g/mol. The van der Waals surface area contributed by atoms with E-state index >= 15 is 0 Å². The van der Waals surface area contributed by atoms with E-state index in [9.17, 15) is 0 Å². The molecule has 250 valence electrons. The van der Waals surface area contributed by atoms with Crippen molar-refractivity contribution in [2.45, 2.75) is 18.3 Å². The van der Waals surface area contributed by atoms with Gasteiger partial charge in [-0.2, -0.15) is 0 Å². The summed E-state index contributed by atoms with van der Waals surface area (Å²) in [5, 5.41) is 2.39. The van der Waals surface area contributed by atoms with Crippen molar-refractivity contribution in [1.82, 2.24) is 9.97 Å². The molecule has 2 heteroatoms. The van der Waals surface area contributed by atoms with Crippen LogP contribution in [0, 0.1) is 0 Å². The summed E-state index contributed by atoms with van der Waals surface area (Å²) in [6.07, 6.45) is 8.67. The minimum Gasteiger partial charge on any atom is -0.228 e. The van der Waals surface area contributed by atoms with Crippen LogP contribution in [0.25, 0.3) is 61.4 Å². The third-order valence-corrected chi connectivity index (χ3v) is 11.1. The normalized spacial score (nSPS) is 16.9. The molecular formula is C51H36N2. The van der Waals surface area contributed by atoms with Crippen LogP contribution in [0.15, 0.2) is 194 Å². The number of nitrogens with zero attached hydrogens (tertiary/aromatic N) is 2. The van der Waals surface area contributed by atoms with Gasteiger partial charge in [-0.05, 0) is 62.6 Å². The van der Waals surface area contributed by atoms with Crippen molar-refractivity contribution in [2.75, 3.05) is 0 Å². The molecule has 0 fully saturated rings. The molecule has 0 N–H and O–H groups in total. The van der Waals surface area contributed by atoms with Gasteiger partial charge in [-0.25, -0.2) is 9.97 Å². The summed E-state index contributed by atoms with van der Waals surface area (Å²) in [5.74, 6) is 0.742. The van der Waals surface area contributed by atoms with Crippen molar-refractivity contribution in [3.63, 3.8) is 0 Å². The summed E-state index contributed by atoms with van der Waals surface area (Å²) in [4.78, 5) is 11.1. The molecule has 2 aliphatic rings. The van der Waals surface area contributed by atoms with Gasteiger partial charge < -0.3 is 0 Å². The Kier molecular flexibility index (Phi) is 7.54. The highest BCUT2D eigenvalue weighted by Crippen LogP contribution is 2.58. The Bertz CT molecular complexity index is 2700. The number of rotatable bonds is 4. The molecule has 0 aliphatic heterocycles. The number of aromatic nitrogens is 2. The zero-order chi connectivity index (χ0) is 35.2. The minimum absolute atomic E-state index is 0.536. The maximum atomic E-state index is 5.59. The van der Waals surface area contributed by atoms with E-state index in [-0.39, 0.29) is 0 Å². The lowest BCUT2D eigenvalue weighted by Crippen LogP contribution is -2.29. The molecule has 7 aromatic carbocycles. The molecule has 0 amide bonds. The minimum atomic E-state index is -0.536. The topological polar surface area (TPSA) is 25.8 Å². The second-order valence-electron chi connectivity index (χ2n) is 14.0. The van der Waals surface area contributed by atoms with Crippen LogP contribution in [0.3, 0.4) is 0 Å². The molecule has 53 heavy (non-hydrogen) atoms. The predicted molar refractivity (Wildman–Crippen MR) is 219 cm³/mol. The van der Waals surface area contributed by atoms with Crippen LogP contribution < -0.4 is 0 Å². The molecule has 0 saturated heterocycles. The van der Waals surface area contributed by atoms with Gasteiger partial charge in [-0.15, -0.1) is 0 Å². The van der Waals surface area contributed by atoms with E-state index in [0.29, 0.717) is 0 Å². The monoisotopic (exact) mass is 676 g/mol. The van der Waals surface area contributed by atoms with Crippen molar-refractivity contribution in [2.24, 2.45) is 0 Å². The van der Waals surface area contributed by atoms with Gasteiger partial charge in [0.1, 0.15) is 0 Å². The van der Waals surface area contributed by atoms with Crippen molar-refractivity contribution >= 4 is 16.3 Å². The van der Waals surface area contributed by atoms with E-state index in [2.05, 4.69) is 188 Å². The fraction of sp³-hybridized carbons (Fsp3) is 0.0588. The Morgan fingerprint density at radius 1 is 0.453 bits per heavy atom. The van der Waals surface area contributed by atoms with E-state index < -0.39 is 5.41 Å². The second-order valence-corrected chi connectivity index (χ2v) is 14.0. The second kappa shape index (κ2) is 12.8. The van der Waals surface area contributed by atoms with Crippen LogP contribution >= 0.6 is 0 Å². The largest absolute Gasteiger partial charge is 0.228 e. The van der Waals surface area contributed by atoms with Crippen LogP contribution in [0.2, 0.25) is 0 Å². The Labute approximate surface area is 310 Å². The van der Waals surface area contributed by atoms with Gasteiger partial charge in [-0.3, -0.25) is 0 Å². The zero-order valence-electron chi connectivity index (χ0n) is 29.3. The molecule has 1 unspecified atom stereocenters. The summed E-state index contributed by atoms with van der Waals surface area (Å²) < 4.78 is 0. The summed E-state index contributed by atoms with van der Waals surface area (Å²) >= 11 is 0. The molecule has 0 bridgehead atoms. The van der Waals surface area contributed by atoms with Crippen LogP contribution in [0.5, 0.6) is 0 Å². The SMILES string of the molecule is C1=C/C(c2ccc(-c3ccccc3)cc2)=C\CC2(c3ccccc3C1)c1ccccc1-c1nc(-c3ccccc3)nc(-c3cccc4ccccc34)c12. The summed E-state index contributed by atoms with van der Waals surface area (Å²) in [5.41, 5.74) is 14.7. The molecule has 1 aromatic heterocycles. The van der Waals surface area contributed by atoms with Gasteiger partial charge in [0, 0.05) is 22.3 Å². The summed E-state index contributed by atoms with van der Waals surface area (Å²) in [6.45, 7) is 0. The van der Waals surface area contributed by atoms with Gasteiger partial charge in [0.05, 0.1) is 16.8 Å². The van der Waals surface area contributed by atoms with Crippen LogP contribution in [0.1, 0.15) is 34.2 Å². The number of benzene rings is 7. The van der Waals surface area contributed by atoms with E-state index in [1.165, 1.54) is 60.9 Å². The van der Waals surface area contributed by atoms with Crippen molar-refractivity contribution in [3.8, 4) is 45.0 Å². The third kappa shape index (κ3) is 5.18. The standard InChI is InChI=1S/C51H36N2/c1-3-15-35(16-4-1)37-29-31-38(32-30-37)36-21-13-23-40-18-8-11-27-45(40)51(34-33-36)46-28-12-10-25-44(46)49-47(51)48(52-50(53-49)41-19-5-2-6-20-41)43-26-14-22-39-17-7-9-24-42(39)43/h1-22,24-33H,23,34H2/b21-13?,36-33+. The maximum Gasteiger partial charge on any atom is 0.160 e. The van der Waals surface area contributed by atoms with Gasteiger partial charge in [0.2, 0.25) is 0 Å². The van der Waals surface area contributed by atoms with Crippen molar-refractivity contribution < 1.29 is 0 Å². The number of fused-ring (bicyclic) bond motifs is 8.